The second-order valence-corrected chi connectivity index (χ2v) is 6.43. The molecule has 1 N–H and O–H groups in total. The van der Waals surface area contributed by atoms with Gasteiger partial charge in [0.2, 0.25) is 0 Å². The van der Waals surface area contributed by atoms with E-state index < -0.39 is 12.0 Å². The number of pyridine rings is 1. The third-order valence-corrected chi connectivity index (χ3v) is 4.63. The van der Waals surface area contributed by atoms with Crippen LogP contribution in [0.25, 0.3) is 0 Å². The van der Waals surface area contributed by atoms with E-state index in [1.54, 1.807) is 29.3 Å². The molecule has 1 amide bonds. The highest BCUT2D eigenvalue weighted by Gasteiger charge is 2.38. The number of anilines is 1. The van der Waals surface area contributed by atoms with Crippen LogP contribution in [0.1, 0.15) is 27.8 Å². The lowest BCUT2D eigenvalue weighted by Gasteiger charge is -2.27. The number of benzene rings is 2. The highest BCUT2D eigenvalue weighted by atomic mass is 35.5. The summed E-state index contributed by atoms with van der Waals surface area (Å²) in [6.45, 7) is 0.423. The normalized spacial score (nSPS) is 15.8. The van der Waals surface area contributed by atoms with Crippen molar-refractivity contribution in [1.82, 2.24) is 9.88 Å². The van der Waals surface area contributed by atoms with Crippen molar-refractivity contribution in [2.45, 2.75) is 12.7 Å². The topological polar surface area (TPSA) is 45.2 Å². The third-order valence-electron chi connectivity index (χ3n) is 4.32. The highest BCUT2D eigenvalue weighted by Crippen LogP contribution is 2.36. The number of amides is 1. The van der Waals surface area contributed by atoms with Gasteiger partial charge in [-0.05, 0) is 35.9 Å². The van der Waals surface area contributed by atoms with E-state index in [-0.39, 0.29) is 10.9 Å². The molecule has 1 aromatic heterocycles. The maximum Gasteiger partial charge on any atom is 0.258 e. The summed E-state index contributed by atoms with van der Waals surface area (Å²) in [5.74, 6) is -0.518. The molecule has 130 valence electrons. The van der Waals surface area contributed by atoms with Crippen LogP contribution in [0.4, 0.5) is 10.1 Å². The summed E-state index contributed by atoms with van der Waals surface area (Å²) >= 11 is 6.15. The zero-order valence-corrected chi connectivity index (χ0v) is 14.4. The number of hydrogen-bond donors (Lipinski definition) is 1. The van der Waals surface area contributed by atoms with Crippen molar-refractivity contribution in [3.05, 3.63) is 94.5 Å². The summed E-state index contributed by atoms with van der Waals surface area (Å²) in [6.07, 6.45) is 1.17. The standard InChI is InChI=1S/C20H15ClFN3O/c21-16-11-14(22)8-9-17(16)24-19-18-15(7-4-10-23-18)20(26)25(19)12-13-5-2-1-3-6-13/h1-11,19,24H,12H2. The van der Waals surface area contributed by atoms with E-state index in [2.05, 4.69) is 10.3 Å². The highest BCUT2D eigenvalue weighted by molar-refractivity contribution is 6.33. The van der Waals surface area contributed by atoms with Crippen molar-refractivity contribution < 1.29 is 9.18 Å². The maximum atomic E-state index is 13.3. The van der Waals surface area contributed by atoms with E-state index >= 15 is 0 Å². The first-order chi connectivity index (χ1) is 12.6. The molecule has 0 spiro atoms. The van der Waals surface area contributed by atoms with E-state index in [4.69, 9.17) is 11.6 Å². The van der Waals surface area contributed by atoms with Crippen LogP contribution in [0.2, 0.25) is 5.02 Å². The van der Waals surface area contributed by atoms with Gasteiger partial charge < -0.3 is 10.2 Å². The Bertz CT molecular complexity index is 964. The fraction of sp³-hybridized carbons (Fsp3) is 0.100. The Labute approximate surface area is 155 Å². The van der Waals surface area contributed by atoms with E-state index in [9.17, 15) is 9.18 Å². The minimum absolute atomic E-state index is 0.104. The number of fused-ring (bicyclic) bond motifs is 1. The smallest absolute Gasteiger partial charge is 0.258 e. The molecule has 4 rings (SSSR count). The van der Waals surface area contributed by atoms with Gasteiger partial charge in [-0.25, -0.2) is 4.39 Å². The molecule has 4 nitrogen and oxygen atoms in total. The Morgan fingerprint density at radius 3 is 2.69 bits per heavy atom. The Morgan fingerprint density at radius 1 is 1.12 bits per heavy atom. The van der Waals surface area contributed by atoms with Gasteiger partial charge in [-0.1, -0.05) is 41.9 Å². The molecule has 3 aromatic rings. The largest absolute Gasteiger partial charge is 0.359 e. The van der Waals surface area contributed by atoms with Crippen LogP contribution in [0, 0.1) is 5.82 Å². The van der Waals surface area contributed by atoms with Crippen LogP contribution in [0.15, 0.2) is 66.9 Å². The minimum atomic E-state index is -0.484. The molecule has 6 heteroatoms. The lowest BCUT2D eigenvalue weighted by Crippen LogP contribution is -2.32. The lowest BCUT2D eigenvalue weighted by atomic mass is 10.2. The van der Waals surface area contributed by atoms with Crippen molar-refractivity contribution in [3.8, 4) is 0 Å². The first kappa shape index (κ1) is 16.5. The molecule has 0 bridgehead atoms. The molecule has 0 aliphatic carbocycles. The van der Waals surface area contributed by atoms with Crippen LogP contribution < -0.4 is 5.32 Å². The number of carbonyl (C=O) groups excluding carboxylic acids is 1. The molecule has 0 radical (unpaired) electrons. The molecule has 1 aliphatic rings. The Kier molecular flexibility index (Phi) is 4.31. The summed E-state index contributed by atoms with van der Waals surface area (Å²) in [7, 11) is 0. The van der Waals surface area contributed by atoms with Gasteiger partial charge in [0.1, 0.15) is 12.0 Å². The minimum Gasteiger partial charge on any atom is -0.359 e. The number of nitrogens with zero attached hydrogens (tertiary/aromatic N) is 2. The predicted molar refractivity (Wildman–Crippen MR) is 98.3 cm³/mol. The SMILES string of the molecule is O=C1c2cccnc2C(Nc2ccc(F)cc2Cl)N1Cc1ccccc1. The van der Waals surface area contributed by atoms with Gasteiger partial charge in [0.05, 0.1) is 22.0 Å². The fourth-order valence-electron chi connectivity index (χ4n) is 3.08. The predicted octanol–water partition coefficient (Wildman–Crippen LogP) is 4.64. The van der Waals surface area contributed by atoms with Crippen molar-refractivity contribution in [2.24, 2.45) is 0 Å². The second kappa shape index (κ2) is 6.77. The molecule has 2 heterocycles. The Morgan fingerprint density at radius 2 is 1.92 bits per heavy atom. The summed E-state index contributed by atoms with van der Waals surface area (Å²) in [5, 5.41) is 3.49. The Hall–Kier alpha value is -2.92. The first-order valence-electron chi connectivity index (χ1n) is 8.15. The first-order valence-corrected chi connectivity index (χ1v) is 8.52. The van der Waals surface area contributed by atoms with Crippen LogP contribution in [0.5, 0.6) is 0 Å². The van der Waals surface area contributed by atoms with E-state index in [1.165, 1.54) is 12.1 Å². The summed E-state index contributed by atoms with van der Waals surface area (Å²) in [6, 6.07) is 17.3. The number of hydrogen-bond acceptors (Lipinski definition) is 3. The van der Waals surface area contributed by atoms with Gasteiger partial charge in [0.15, 0.2) is 0 Å². The third kappa shape index (κ3) is 3.02. The van der Waals surface area contributed by atoms with Crippen LogP contribution in [-0.2, 0) is 6.54 Å². The van der Waals surface area contributed by atoms with Crippen molar-refractivity contribution >= 4 is 23.2 Å². The fourth-order valence-corrected chi connectivity index (χ4v) is 3.30. The molecular weight excluding hydrogens is 353 g/mol. The molecule has 1 aliphatic heterocycles. The van der Waals surface area contributed by atoms with E-state index in [0.29, 0.717) is 23.5 Å². The number of carbonyl (C=O) groups is 1. The van der Waals surface area contributed by atoms with Crippen LogP contribution >= 0.6 is 11.6 Å². The second-order valence-electron chi connectivity index (χ2n) is 6.03. The number of halogens is 2. The molecule has 0 saturated carbocycles. The maximum absolute atomic E-state index is 13.3. The van der Waals surface area contributed by atoms with Gasteiger partial charge in [0, 0.05) is 12.7 Å². The summed E-state index contributed by atoms with van der Waals surface area (Å²) in [5.41, 5.74) is 2.74. The summed E-state index contributed by atoms with van der Waals surface area (Å²) in [4.78, 5) is 19.0. The number of nitrogens with one attached hydrogen (secondary N) is 1. The Balaban J connectivity index is 1.71. The number of rotatable bonds is 4. The molecule has 0 fully saturated rings. The van der Waals surface area contributed by atoms with Crippen LogP contribution in [-0.4, -0.2) is 15.8 Å². The van der Waals surface area contributed by atoms with Gasteiger partial charge in [-0.3, -0.25) is 9.78 Å². The molecule has 2 aromatic carbocycles. The summed E-state index contributed by atoms with van der Waals surface area (Å²) < 4.78 is 13.3. The lowest BCUT2D eigenvalue weighted by molar-refractivity contribution is 0.0727. The van der Waals surface area contributed by atoms with Crippen LogP contribution in [0.3, 0.4) is 0 Å². The monoisotopic (exact) mass is 367 g/mol. The van der Waals surface area contributed by atoms with Gasteiger partial charge >= 0.3 is 0 Å². The van der Waals surface area contributed by atoms with Crippen molar-refractivity contribution in [3.63, 3.8) is 0 Å². The van der Waals surface area contributed by atoms with Gasteiger partial charge in [-0.15, -0.1) is 0 Å². The molecule has 1 atom stereocenters. The molecule has 1 unspecified atom stereocenters. The molecule has 0 saturated heterocycles. The van der Waals surface area contributed by atoms with Gasteiger partial charge in [-0.2, -0.15) is 0 Å². The van der Waals surface area contributed by atoms with Crippen molar-refractivity contribution in [1.29, 1.82) is 0 Å². The average Bonchev–Trinajstić information content (AvgIpc) is 2.91. The average molecular weight is 368 g/mol. The van der Waals surface area contributed by atoms with Gasteiger partial charge in [0.25, 0.3) is 5.91 Å². The quantitative estimate of drug-likeness (QED) is 0.730. The molecular formula is C20H15ClFN3O. The molecule has 26 heavy (non-hydrogen) atoms. The number of aromatic nitrogens is 1. The van der Waals surface area contributed by atoms with E-state index in [1.807, 2.05) is 30.3 Å². The van der Waals surface area contributed by atoms with Crippen molar-refractivity contribution in [2.75, 3.05) is 5.32 Å². The zero-order chi connectivity index (χ0) is 18.1. The zero-order valence-electron chi connectivity index (χ0n) is 13.7. The van der Waals surface area contributed by atoms with E-state index in [0.717, 1.165) is 5.56 Å².